The highest BCUT2D eigenvalue weighted by molar-refractivity contribution is 6.54. The second kappa shape index (κ2) is 6.91. The van der Waals surface area contributed by atoms with E-state index < -0.39 is 0 Å². The molecule has 0 atom stereocenters. The summed E-state index contributed by atoms with van der Waals surface area (Å²) in [5.41, 5.74) is 2.84. The molecule has 1 heterocycles. The topological polar surface area (TPSA) is 54.3 Å². The van der Waals surface area contributed by atoms with Gasteiger partial charge in [0.25, 0.3) is 5.91 Å². The fourth-order valence-corrected chi connectivity index (χ4v) is 2.51. The molecule has 0 saturated heterocycles. The summed E-state index contributed by atoms with van der Waals surface area (Å²) in [5.74, 6) is 0.612. The van der Waals surface area contributed by atoms with E-state index in [-0.39, 0.29) is 5.91 Å². The number of fused-ring (bicyclic) bond motifs is 1. The number of amides is 1. The predicted molar refractivity (Wildman–Crippen MR) is 96.1 cm³/mol. The van der Waals surface area contributed by atoms with Gasteiger partial charge < -0.3 is 9.64 Å². The molecule has 0 spiro atoms. The van der Waals surface area contributed by atoms with Crippen molar-refractivity contribution in [3.8, 4) is 5.75 Å². The highest BCUT2D eigenvalue weighted by Gasteiger charge is 2.32. The Morgan fingerprint density at radius 2 is 1.92 bits per heavy atom. The fraction of sp³-hybridized carbons (Fsp3) is 0.105. The van der Waals surface area contributed by atoms with Crippen molar-refractivity contribution in [2.75, 3.05) is 18.6 Å². The number of carbonyl (C=O) groups is 1. The van der Waals surface area contributed by atoms with Crippen LogP contribution < -0.4 is 9.64 Å². The molecule has 5 heteroatoms. The number of rotatable bonds is 5. The molecule has 3 rings (SSSR count). The Balaban J connectivity index is 1.87. The molecule has 1 aliphatic heterocycles. The quantitative estimate of drug-likeness (QED) is 0.483. The number of methoxy groups -OCH3 is 1. The van der Waals surface area contributed by atoms with Crippen molar-refractivity contribution in [3.63, 3.8) is 0 Å². The van der Waals surface area contributed by atoms with Crippen LogP contribution in [0.15, 0.2) is 71.4 Å². The van der Waals surface area contributed by atoms with Crippen molar-refractivity contribution in [2.24, 2.45) is 10.2 Å². The van der Waals surface area contributed by atoms with E-state index in [1.807, 2.05) is 48.5 Å². The van der Waals surface area contributed by atoms with Gasteiger partial charge in [-0.2, -0.15) is 5.10 Å². The highest BCUT2D eigenvalue weighted by Crippen LogP contribution is 2.28. The van der Waals surface area contributed by atoms with Crippen LogP contribution in [0.5, 0.6) is 5.75 Å². The fourth-order valence-electron chi connectivity index (χ4n) is 2.51. The Morgan fingerprint density at radius 1 is 1.17 bits per heavy atom. The monoisotopic (exact) mass is 319 g/mol. The molecule has 1 amide bonds. The average molecular weight is 319 g/mol. The smallest absolute Gasteiger partial charge is 0.279 e. The number of carbonyl (C=O) groups excluding carboxylic acids is 1. The average Bonchev–Trinajstić information content (AvgIpc) is 2.88. The molecule has 0 aliphatic carbocycles. The summed E-state index contributed by atoms with van der Waals surface area (Å²) >= 11 is 0. The van der Waals surface area contributed by atoms with Crippen LogP contribution in [0.4, 0.5) is 5.69 Å². The molecule has 0 bridgehead atoms. The van der Waals surface area contributed by atoms with Crippen LogP contribution in [0.25, 0.3) is 0 Å². The Morgan fingerprint density at radius 3 is 2.62 bits per heavy atom. The summed E-state index contributed by atoms with van der Waals surface area (Å²) in [6.45, 7) is 4.14. The molecule has 120 valence electrons. The van der Waals surface area contributed by atoms with Crippen LogP contribution in [-0.2, 0) is 4.79 Å². The van der Waals surface area contributed by atoms with Crippen LogP contribution in [0, 0.1) is 0 Å². The van der Waals surface area contributed by atoms with Gasteiger partial charge in [0.05, 0.1) is 19.0 Å². The second-order valence-corrected chi connectivity index (χ2v) is 5.19. The Labute approximate surface area is 140 Å². The van der Waals surface area contributed by atoms with Gasteiger partial charge in [-0.1, -0.05) is 24.3 Å². The van der Waals surface area contributed by atoms with Gasteiger partial charge in [0.2, 0.25) is 0 Å². The van der Waals surface area contributed by atoms with Gasteiger partial charge in [0, 0.05) is 12.1 Å². The van der Waals surface area contributed by atoms with E-state index in [1.54, 1.807) is 24.3 Å². The highest BCUT2D eigenvalue weighted by atomic mass is 16.5. The van der Waals surface area contributed by atoms with Crippen LogP contribution in [0.3, 0.4) is 0 Å². The Hall–Kier alpha value is -3.21. The van der Waals surface area contributed by atoms with Crippen LogP contribution >= 0.6 is 0 Å². The summed E-state index contributed by atoms with van der Waals surface area (Å²) in [6, 6.07) is 15.0. The van der Waals surface area contributed by atoms with Crippen molar-refractivity contribution in [3.05, 3.63) is 72.3 Å². The molecule has 2 aromatic carbocycles. The van der Waals surface area contributed by atoms with Crippen molar-refractivity contribution in [1.82, 2.24) is 0 Å². The van der Waals surface area contributed by atoms with Gasteiger partial charge in [-0.25, -0.2) is 0 Å². The van der Waals surface area contributed by atoms with E-state index in [2.05, 4.69) is 16.8 Å². The maximum Gasteiger partial charge on any atom is 0.279 e. The lowest BCUT2D eigenvalue weighted by atomic mass is 10.1. The van der Waals surface area contributed by atoms with Crippen LogP contribution in [0.1, 0.15) is 11.1 Å². The van der Waals surface area contributed by atoms with Gasteiger partial charge in [-0.15, -0.1) is 11.7 Å². The van der Waals surface area contributed by atoms with Crippen molar-refractivity contribution < 1.29 is 9.53 Å². The lowest BCUT2D eigenvalue weighted by molar-refractivity contribution is -0.112. The standard InChI is InChI=1S/C19H17N3O2/c1-3-12-22-17-7-5-4-6-16(17)18(19(22)23)21-20-13-14-8-10-15(24-2)11-9-14/h3-11,13H,1,12H2,2H3/b20-13+,21-18+. The van der Waals surface area contributed by atoms with E-state index in [0.717, 1.165) is 22.6 Å². The number of hydrogen-bond donors (Lipinski definition) is 0. The zero-order valence-corrected chi connectivity index (χ0v) is 13.3. The summed E-state index contributed by atoms with van der Waals surface area (Å²) in [4.78, 5) is 14.2. The molecule has 0 N–H and O–H groups in total. The second-order valence-electron chi connectivity index (χ2n) is 5.19. The molecule has 0 saturated carbocycles. The molecule has 0 radical (unpaired) electrons. The minimum atomic E-state index is -0.164. The molecular weight excluding hydrogens is 302 g/mol. The molecule has 0 aromatic heterocycles. The molecule has 1 aliphatic rings. The van der Waals surface area contributed by atoms with Crippen LogP contribution in [0.2, 0.25) is 0 Å². The first kappa shape index (κ1) is 15.7. The first-order chi connectivity index (χ1) is 11.7. The third-order valence-corrected chi connectivity index (χ3v) is 3.69. The van der Waals surface area contributed by atoms with Gasteiger partial charge >= 0.3 is 0 Å². The van der Waals surface area contributed by atoms with Crippen molar-refractivity contribution in [1.29, 1.82) is 0 Å². The third-order valence-electron chi connectivity index (χ3n) is 3.69. The zero-order chi connectivity index (χ0) is 16.9. The summed E-state index contributed by atoms with van der Waals surface area (Å²) in [5, 5.41) is 8.22. The molecular formula is C19H17N3O2. The van der Waals surface area contributed by atoms with E-state index in [1.165, 1.54) is 0 Å². The van der Waals surface area contributed by atoms with E-state index in [4.69, 9.17) is 4.74 Å². The lowest BCUT2D eigenvalue weighted by Gasteiger charge is -2.13. The predicted octanol–water partition coefficient (Wildman–Crippen LogP) is 3.05. The maximum absolute atomic E-state index is 12.5. The Bertz CT molecular complexity index is 823. The summed E-state index contributed by atoms with van der Waals surface area (Å²) in [7, 11) is 1.62. The van der Waals surface area contributed by atoms with Crippen molar-refractivity contribution >= 4 is 23.5 Å². The number of para-hydroxylation sites is 1. The molecule has 0 unspecified atom stereocenters. The first-order valence-electron chi connectivity index (χ1n) is 7.52. The van der Waals surface area contributed by atoms with Gasteiger partial charge in [-0.3, -0.25) is 4.79 Å². The van der Waals surface area contributed by atoms with Crippen molar-refractivity contribution in [2.45, 2.75) is 0 Å². The number of nitrogens with zero attached hydrogens (tertiary/aromatic N) is 3. The largest absolute Gasteiger partial charge is 0.497 e. The SMILES string of the molecule is C=CCN1C(=O)/C(=N/N=C/c2ccc(OC)cc2)c2ccccc21. The van der Waals surface area contributed by atoms with E-state index >= 15 is 0 Å². The summed E-state index contributed by atoms with van der Waals surface area (Å²) < 4.78 is 5.11. The molecule has 2 aromatic rings. The minimum absolute atomic E-state index is 0.164. The maximum atomic E-state index is 12.5. The minimum Gasteiger partial charge on any atom is -0.497 e. The normalized spacial score (nSPS) is 15.1. The first-order valence-corrected chi connectivity index (χ1v) is 7.52. The summed E-state index contributed by atoms with van der Waals surface area (Å²) in [6.07, 6.45) is 3.30. The van der Waals surface area contributed by atoms with E-state index in [9.17, 15) is 4.79 Å². The number of anilines is 1. The van der Waals surface area contributed by atoms with Gasteiger partial charge in [-0.05, 0) is 35.9 Å². The van der Waals surface area contributed by atoms with Gasteiger partial charge in [0.15, 0.2) is 5.71 Å². The zero-order valence-electron chi connectivity index (χ0n) is 13.3. The van der Waals surface area contributed by atoms with Gasteiger partial charge in [0.1, 0.15) is 5.75 Å². The third kappa shape index (κ3) is 2.96. The molecule has 5 nitrogen and oxygen atoms in total. The Kier molecular flexibility index (Phi) is 4.52. The number of ether oxygens (including phenoxy) is 1. The van der Waals surface area contributed by atoms with E-state index in [0.29, 0.717) is 12.3 Å². The lowest BCUT2D eigenvalue weighted by Crippen LogP contribution is -2.30. The molecule has 24 heavy (non-hydrogen) atoms. The molecule has 0 fully saturated rings. The van der Waals surface area contributed by atoms with Crippen LogP contribution in [-0.4, -0.2) is 31.5 Å². The number of hydrogen-bond acceptors (Lipinski definition) is 4. The number of benzene rings is 2.